The van der Waals surface area contributed by atoms with Crippen LogP contribution in [0.2, 0.25) is 0 Å². The van der Waals surface area contributed by atoms with Gasteiger partial charge in [-0.2, -0.15) is 5.10 Å². The normalized spacial score (nSPS) is 10.4. The second-order valence-corrected chi connectivity index (χ2v) is 2.54. The molecule has 0 unspecified atom stereocenters. The van der Waals surface area contributed by atoms with Crippen LogP contribution < -0.4 is 0 Å². The summed E-state index contributed by atoms with van der Waals surface area (Å²) in [4.78, 5) is 0. The highest BCUT2D eigenvalue weighted by Gasteiger charge is 1.95. The molecule has 1 rings (SSSR count). The third-order valence-electron chi connectivity index (χ3n) is 1.52. The van der Waals surface area contributed by atoms with Crippen molar-refractivity contribution in [2.24, 2.45) is 0 Å². The molecule has 0 bridgehead atoms. The molecule has 1 aromatic rings. The Morgan fingerprint density at radius 3 is 3.09 bits per heavy atom. The Balaban J connectivity index is 2.51. The van der Waals surface area contributed by atoms with Gasteiger partial charge in [0, 0.05) is 25.8 Å². The summed E-state index contributed by atoms with van der Waals surface area (Å²) in [6, 6.07) is 1.95. The van der Waals surface area contributed by atoms with Gasteiger partial charge >= 0.3 is 0 Å². The number of aliphatic hydroxyl groups excluding tert-OH is 1. The van der Waals surface area contributed by atoms with E-state index >= 15 is 0 Å². The zero-order valence-corrected chi connectivity index (χ0v) is 6.82. The van der Waals surface area contributed by atoms with E-state index in [0.29, 0.717) is 6.42 Å². The Hall–Kier alpha value is -0.830. The van der Waals surface area contributed by atoms with Crippen LogP contribution in [0, 0.1) is 0 Å². The number of aliphatic hydroxyl groups is 1. The van der Waals surface area contributed by atoms with Gasteiger partial charge in [-0.1, -0.05) is 6.92 Å². The summed E-state index contributed by atoms with van der Waals surface area (Å²) in [7, 11) is 0. The van der Waals surface area contributed by atoms with Crippen molar-refractivity contribution in [3.8, 4) is 0 Å². The molecule has 0 atom stereocenters. The molecule has 0 fully saturated rings. The maximum absolute atomic E-state index is 8.61. The predicted octanol–water partition coefficient (Wildman–Crippen LogP) is 0.828. The lowest BCUT2D eigenvalue weighted by Crippen LogP contribution is -1.99. The molecule has 0 saturated heterocycles. The van der Waals surface area contributed by atoms with Gasteiger partial charge < -0.3 is 5.11 Å². The zero-order chi connectivity index (χ0) is 8.10. The van der Waals surface area contributed by atoms with Gasteiger partial charge in [-0.3, -0.25) is 4.68 Å². The fourth-order valence-corrected chi connectivity index (χ4v) is 1.01. The van der Waals surface area contributed by atoms with E-state index in [9.17, 15) is 0 Å². The van der Waals surface area contributed by atoms with Crippen molar-refractivity contribution < 1.29 is 5.11 Å². The Morgan fingerprint density at radius 2 is 2.45 bits per heavy atom. The molecule has 11 heavy (non-hydrogen) atoms. The van der Waals surface area contributed by atoms with Crippen LogP contribution in [0.3, 0.4) is 0 Å². The van der Waals surface area contributed by atoms with Crippen LogP contribution in [0.5, 0.6) is 0 Å². The van der Waals surface area contributed by atoms with E-state index in [1.54, 1.807) is 0 Å². The monoisotopic (exact) mass is 154 g/mol. The van der Waals surface area contributed by atoms with Crippen LogP contribution in [0.25, 0.3) is 0 Å². The molecule has 1 aromatic heterocycles. The summed E-state index contributed by atoms with van der Waals surface area (Å²) in [5.41, 5.74) is 0.973. The molecule has 0 amide bonds. The lowest BCUT2D eigenvalue weighted by molar-refractivity contribution is 0.297. The first-order chi connectivity index (χ1) is 5.36. The van der Waals surface area contributed by atoms with Gasteiger partial charge in [0.2, 0.25) is 0 Å². The largest absolute Gasteiger partial charge is 0.396 e. The van der Waals surface area contributed by atoms with Crippen molar-refractivity contribution in [1.29, 1.82) is 0 Å². The molecular weight excluding hydrogens is 140 g/mol. The first kappa shape index (κ1) is 8.27. The third kappa shape index (κ3) is 2.35. The molecule has 1 N–H and O–H groups in total. The lowest BCUT2D eigenvalue weighted by Gasteiger charge is -1.95. The molecule has 62 valence electrons. The van der Waals surface area contributed by atoms with Crippen LogP contribution in [-0.2, 0) is 13.0 Å². The summed E-state index contributed by atoms with van der Waals surface area (Å²) in [5, 5.41) is 12.9. The Bertz CT molecular complexity index is 187. The highest BCUT2D eigenvalue weighted by atomic mass is 16.3. The summed E-state index contributed by atoms with van der Waals surface area (Å²) in [5.74, 6) is 0. The molecule has 0 aliphatic heterocycles. The maximum Gasteiger partial charge on any atom is 0.0647 e. The van der Waals surface area contributed by atoms with Crippen molar-refractivity contribution in [1.82, 2.24) is 9.78 Å². The Kier molecular flexibility index (Phi) is 3.11. The predicted molar refractivity (Wildman–Crippen MR) is 43.3 cm³/mol. The highest BCUT2D eigenvalue weighted by Crippen LogP contribution is 1.96. The van der Waals surface area contributed by atoms with Crippen molar-refractivity contribution >= 4 is 0 Å². The van der Waals surface area contributed by atoms with Crippen molar-refractivity contribution in [3.63, 3.8) is 0 Å². The van der Waals surface area contributed by atoms with E-state index in [4.69, 9.17) is 5.11 Å². The van der Waals surface area contributed by atoms with Gasteiger partial charge in [-0.15, -0.1) is 0 Å². The SMILES string of the molecule is CCCn1ccc(CCO)n1. The van der Waals surface area contributed by atoms with Crippen molar-refractivity contribution in [3.05, 3.63) is 18.0 Å². The van der Waals surface area contributed by atoms with Crippen molar-refractivity contribution in [2.75, 3.05) is 6.61 Å². The lowest BCUT2D eigenvalue weighted by atomic mass is 10.3. The van der Waals surface area contributed by atoms with Crippen LogP contribution >= 0.6 is 0 Å². The third-order valence-corrected chi connectivity index (χ3v) is 1.52. The zero-order valence-electron chi connectivity index (χ0n) is 6.82. The number of nitrogens with zero attached hydrogens (tertiary/aromatic N) is 2. The fourth-order valence-electron chi connectivity index (χ4n) is 1.01. The molecule has 0 spiro atoms. The Labute approximate surface area is 66.7 Å². The summed E-state index contributed by atoms with van der Waals surface area (Å²) >= 11 is 0. The molecule has 3 nitrogen and oxygen atoms in total. The summed E-state index contributed by atoms with van der Waals surface area (Å²) in [6.07, 6.45) is 3.71. The van der Waals surface area contributed by atoms with Crippen LogP contribution in [0.4, 0.5) is 0 Å². The first-order valence-electron chi connectivity index (χ1n) is 4.00. The number of aryl methyl sites for hydroxylation is 1. The van der Waals surface area contributed by atoms with E-state index < -0.39 is 0 Å². The standard InChI is InChI=1S/C8H14N2O/c1-2-5-10-6-3-8(9-10)4-7-11/h3,6,11H,2,4-5,7H2,1H3. The smallest absolute Gasteiger partial charge is 0.0647 e. The molecule has 0 radical (unpaired) electrons. The molecular formula is C8H14N2O. The molecule has 3 heteroatoms. The van der Waals surface area contributed by atoms with Gasteiger partial charge in [0.15, 0.2) is 0 Å². The van der Waals surface area contributed by atoms with Gasteiger partial charge in [-0.05, 0) is 12.5 Å². The fraction of sp³-hybridized carbons (Fsp3) is 0.625. The minimum Gasteiger partial charge on any atom is -0.396 e. The second-order valence-electron chi connectivity index (χ2n) is 2.54. The van der Waals surface area contributed by atoms with E-state index in [1.807, 2.05) is 16.9 Å². The van der Waals surface area contributed by atoms with Crippen LogP contribution in [-0.4, -0.2) is 21.5 Å². The molecule has 0 aliphatic carbocycles. The van der Waals surface area contributed by atoms with Gasteiger partial charge in [0.25, 0.3) is 0 Å². The molecule has 0 saturated carbocycles. The average Bonchev–Trinajstić information content (AvgIpc) is 2.38. The van der Waals surface area contributed by atoms with Crippen LogP contribution in [0.1, 0.15) is 19.0 Å². The molecule has 0 aliphatic rings. The van der Waals surface area contributed by atoms with Crippen molar-refractivity contribution in [2.45, 2.75) is 26.3 Å². The summed E-state index contributed by atoms with van der Waals surface area (Å²) in [6.45, 7) is 3.27. The second kappa shape index (κ2) is 4.13. The minimum atomic E-state index is 0.184. The molecule has 1 heterocycles. The Morgan fingerprint density at radius 1 is 1.64 bits per heavy atom. The van der Waals surface area contributed by atoms with E-state index in [1.165, 1.54) is 0 Å². The number of rotatable bonds is 4. The minimum absolute atomic E-state index is 0.184. The average molecular weight is 154 g/mol. The first-order valence-corrected chi connectivity index (χ1v) is 4.00. The quantitative estimate of drug-likeness (QED) is 0.697. The van der Waals surface area contributed by atoms with Gasteiger partial charge in [-0.25, -0.2) is 0 Å². The maximum atomic E-state index is 8.61. The number of hydrogen-bond donors (Lipinski definition) is 1. The van der Waals surface area contributed by atoms with Gasteiger partial charge in [0.1, 0.15) is 0 Å². The molecule has 0 aromatic carbocycles. The number of aromatic nitrogens is 2. The van der Waals surface area contributed by atoms with E-state index in [2.05, 4.69) is 12.0 Å². The van der Waals surface area contributed by atoms with Gasteiger partial charge in [0.05, 0.1) is 5.69 Å². The summed E-state index contributed by atoms with van der Waals surface area (Å²) < 4.78 is 1.91. The number of hydrogen-bond acceptors (Lipinski definition) is 2. The van der Waals surface area contributed by atoms with Crippen LogP contribution in [0.15, 0.2) is 12.3 Å². The topological polar surface area (TPSA) is 38.0 Å². The van der Waals surface area contributed by atoms with E-state index in [-0.39, 0.29) is 6.61 Å². The van der Waals surface area contributed by atoms with E-state index in [0.717, 1.165) is 18.7 Å². The highest BCUT2D eigenvalue weighted by molar-refractivity contribution is 4.98.